The SMILES string of the molecule is CC(C)(C)OCCn1cc(CNCC2CC2)nn1. The first-order valence-electron chi connectivity index (χ1n) is 6.76. The molecular weight excluding hydrogens is 228 g/mol. The van der Waals surface area contributed by atoms with Crippen molar-refractivity contribution < 1.29 is 4.74 Å². The molecule has 1 saturated carbocycles. The van der Waals surface area contributed by atoms with Crippen LogP contribution in [-0.2, 0) is 17.8 Å². The summed E-state index contributed by atoms with van der Waals surface area (Å²) in [6.07, 6.45) is 4.75. The number of rotatable bonds is 7. The molecule has 0 aromatic carbocycles. The molecule has 0 radical (unpaired) electrons. The van der Waals surface area contributed by atoms with Crippen molar-refractivity contribution in [1.82, 2.24) is 20.3 Å². The quantitative estimate of drug-likeness (QED) is 0.800. The number of hydrogen-bond acceptors (Lipinski definition) is 4. The molecule has 0 amide bonds. The van der Waals surface area contributed by atoms with E-state index < -0.39 is 0 Å². The third kappa shape index (κ3) is 5.14. The minimum Gasteiger partial charge on any atom is -0.374 e. The minimum absolute atomic E-state index is 0.0881. The van der Waals surface area contributed by atoms with Gasteiger partial charge in [-0.05, 0) is 46.1 Å². The normalized spacial score (nSPS) is 16.2. The van der Waals surface area contributed by atoms with Crippen molar-refractivity contribution in [3.05, 3.63) is 11.9 Å². The Kier molecular flexibility index (Phi) is 4.35. The highest BCUT2D eigenvalue weighted by Gasteiger charge is 2.20. The Morgan fingerprint density at radius 1 is 1.44 bits per heavy atom. The highest BCUT2D eigenvalue weighted by atomic mass is 16.5. The van der Waals surface area contributed by atoms with Gasteiger partial charge in [0.1, 0.15) is 0 Å². The van der Waals surface area contributed by atoms with E-state index in [1.54, 1.807) is 0 Å². The van der Waals surface area contributed by atoms with Crippen molar-refractivity contribution in [2.45, 2.75) is 52.3 Å². The molecule has 1 N–H and O–H groups in total. The van der Waals surface area contributed by atoms with Gasteiger partial charge in [-0.1, -0.05) is 5.21 Å². The van der Waals surface area contributed by atoms with Crippen molar-refractivity contribution in [2.75, 3.05) is 13.2 Å². The molecule has 2 rings (SSSR count). The van der Waals surface area contributed by atoms with Gasteiger partial charge < -0.3 is 10.1 Å². The van der Waals surface area contributed by atoms with Crippen LogP contribution < -0.4 is 5.32 Å². The van der Waals surface area contributed by atoms with Gasteiger partial charge in [0, 0.05) is 12.7 Å². The first-order chi connectivity index (χ1) is 8.53. The highest BCUT2D eigenvalue weighted by molar-refractivity contribution is 4.92. The highest BCUT2D eigenvalue weighted by Crippen LogP contribution is 2.27. The summed E-state index contributed by atoms with van der Waals surface area (Å²) in [5.74, 6) is 0.903. The van der Waals surface area contributed by atoms with E-state index in [9.17, 15) is 0 Å². The Morgan fingerprint density at radius 2 is 2.22 bits per heavy atom. The molecule has 0 saturated heterocycles. The van der Waals surface area contributed by atoms with Crippen molar-refractivity contribution in [1.29, 1.82) is 0 Å². The summed E-state index contributed by atoms with van der Waals surface area (Å²) < 4.78 is 7.51. The average molecular weight is 252 g/mol. The zero-order valence-electron chi connectivity index (χ0n) is 11.6. The molecular formula is C13H24N4O. The summed E-state index contributed by atoms with van der Waals surface area (Å²) in [6.45, 7) is 9.52. The van der Waals surface area contributed by atoms with Crippen LogP contribution in [-0.4, -0.2) is 33.7 Å². The lowest BCUT2D eigenvalue weighted by molar-refractivity contribution is -0.00805. The molecule has 1 aromatic rings. The van der Waals surface area contributed by atoms with Crippen LogP contribution in [0.5, 0.6) is 0 Å². The Labute approximate surface area is 109 Å². The monoisotopic (exact) mass is 252 g/mol. The van der Waals surface area contributed by atoms with Gasteiger partial charge in [0.15, 0.2) is 0 Å². The maximum atomic E-state index is 5.66. The second kappa shape index (κ2) is 5.80. The third-order valence-electron chi connectivity index (χ3n) is 2.88. The molecule has 5 heteroatoms. The lowest BCUT2D eigenvalue weighted by Gasteiger charge is -2.19. The van der Waals surface area contributed by atoms with Crippen molar-refractivity contribution in [2.24, 2.45) is 5.92 Å². The second-order valence-electron chi connectivity index (χ2n) is 6.01. The third-order valence-corrected chi connectivity index (χ3v) is 2.88. The fourth-order valence-electron chi connectivity index (χ4n) is 1.70. The molecule has 0 unspecified atom stereocenters. The zero-order valence-corrected chi connectivity index (χ0v) is 11.6. The van der Waals surface area contributed by atoms with Gasteiger partial charge >= 0.3 is 0 Å². The number of aromatic nitrogens is 3. The standard InChI is InChI=1S/C13H24N4O/c1-13(2,3)18-7-6-17-10-12(15-16-17)9-14-8-11-4-5-11/h10-11,14H,4-9H2,1-3H3. The lowest BCUT2D eigenvalue weighted by atomic mass is 10.2. The largest absolute Gasteiger partial charge is 0.374 e. The van der Waals surface area contributed by atoms with Gasteiger partial charge in [0.2, 0.25) is 0 Å². The summed E-state index contributed by atoms with van der Waals surface area (Å²) >= 11 is 0. The number of hydrogen-bond donors (Lipinski definition) is 1. The van der Waals surface area contributed by atoms with E-state index in [0.717, 1.165) is 31.2 Å². The Morgan fingerprint density at radius 3 is 2.89 bits per heavy atom. The molecule has 102 valence electrons. The van der Waals surface area contributed by atoms with Gasteiger partial charge in [-0.15, -0.1) is 5.10 Å². The predicted molar refractivity (Wildman–Crippen MR) is 70.2 cm³/mol. The van der Waals surface area contributed by atoms with E-state index in [4.69, 9.17) is 4.74 Å². The molecule has 0 atom stereocenters. The first kappa shape index (κ1) is 13.5. The van der Waals surface area contributed by atoms with Gasteiger partial charge in [0.05, 0.1) is 24.4 Å². The molecule has 1 aliphatic rings. The van der Waals surface area contributed by atoms with E-state index in [1.165, 1.54) is 12.8 Å². The zero-order chi connectivity index (χ0) is 13.0. The van der Waals surface area contributed by atoms with Gasteiger partial charge in [-0.25, -0.2) is 4.68 Å². The smallest absolute Gasteiger partial charge is 0.0964 e. The van der Waals surface area contributed by atoms with Crippen LogP contribution in [0.15, 0.2) is 6.20 Å². The number of ether oxygens (including phenoxy) is 1. The summed E-state index contributed by atoms with van der Waals surface area (Å²) in [4.78, 5) is 0. The van der Waals surface area contributed by atoms with E-state index in [1.807, 2.05) is 10.9 Å². The van der Waals surface area contributed by atoms with E-state index in [2.05, 4.69) is 36.4 Å². The van der Waals surface area contributed by atoms with Crippen LogP contribution in [0.1, 0.15) is 39.3 Å². The van der Waals surface area contributed by atoms with E-state index in [0.29, 0.717) is 6.61 Å². The average Bonchev–Trinajstić information content (AvgIpc) is 2.97. The topological polar surface area (TPSA) is 52.0 Å². The molecule has 1 aromatic heterocycles. The van der Waals surface area contributed by atoms with Crippen LogP contribution in [0.4, 0.5) is 0 Å². The van der Waals surface area contributed by atoms with Crippen molar-refractivity contribution in [3.63, 3.8) is 0 Å². The number of nitrogens with one attached hydrogen (secondary N) is 1. The maximum absolute atomic E-state index is 5.66. The molecule has 1 aliphatic carbocycles. The Balaban J connectivity index is 1.65. The van der Waals surface area contributed by atoms with Gasteiger partial charge in [-0.3, -0.25) is 0 Å². The van der Waals surface area contributed by atoms with Crippen LogP contribution in [0, 0.1) is 5.92 Å². The summed E-state index contributed by atoms with van der Waals surface area (Å²) in [5, 5.41) is 11.6. The Bertz CT molecular complexity index is 365. The Hall–Kier alpha value is -0.940. The molecule has 0 aliphatic heterocycles. The molecule has 1 fully saturated rings. The molecule has 0 spiro atoms. The van der Waals surface area contributed by atoms with Crippen LogP contribution >= 0.6 is 0 Å². The second-order valence-corrected chi connectivity index (χ2v) is 6.01. The maximum Gasteiger partial charge on any atom is 0.0964 e. The summed E-state index contributed by atoms with van der Waals surface area (Å²) in [5.41, 5.74) is 0.918. The predicted octanol–water partition coefficient (Wildman–Crippen LogP) is 1.59. The van der Waals surface area contributed by atoms with E-state index >= 15 is 0 Å². The van der Waals surface area contributed by atoms with Crippen LogP contribution in [0.2, 0.25) is 0 Å². The molecule has 18 heavy (non-hydrogen) atoms. The number of nitrogens with zero attached hydrogens (tertiary/aromatic N) is 3. The van der Waals surface area contributed by atoms with Crippen molar-refractivity contribution in [3.8, 4) is 0 Å². The molecule has 0 bridgehead atoms. The van der Waals surface area contributed by atoms with E-state index in [-0.39, 0.29) is 5.60 Å². The van der Waals surface area contributed by atoms with Crippen LogP contribution in [0.25, 0.3) is 0 Å². The van der Waals surface area contributed by atoms with Crippen molar-refractivity contribution >= 4 is 0 Å². The lowest BCUT2D eigenvalue weighted by Crippen LogP contribution is -2.22. The summed E-state index contributed by atoms with van der Waals surface area (Å²) in [7, 11) is 0. The van der Waals surface area contributed by atoms with Gasteiger partial charge in [0.25, 0.3) is 0 Å². The van der Waals surface area contributed by atoms with Gasteiger partial charge in [-0.2, -0.15) is 0 Å². The first-order valence-corrected chi connectivity index (χ1v) is 6.76. The summed E-state index contributed by atoms with van der Waals surface area (Å²) in [6, 6.07) is 0. The molecule has 5 nitrogen and oxygen atoms in total. The fourth-order valence-corrected chi connectivity index (χ4v) is 1.70. The fraction of sp³-hybridized carbons (Fsp3) is 0.846. The molecule has 1 heterocycles. The van der Waals surface area contributed by atoms with Crippen LogP contribution in [0.3, 0.4) is 0 Å². The minimum atomic E-state index is -0.0881.